The van der Waals surface area contributed by atoms with Crippen molar-refractivity contribution in [2.24, 2.45) is 0 Å². The molecule has 1 aliphatic heterocycles. The summed E-state index contributed by atoms with van der Waals surface area (Å²) in [5, 5.41) is 5.91. The molecule has 3 rings (SSSR count). The summed E-state index contributed by atoms with van der Waals surface area (Å²) < 4.78 is 0. The van der Waals surface area contributed by atoms with E-state index in [0.29, 0.717) is 24.1 Å². The Morgan fingerprint density at radius 3 is 2.43 bits per heavy atom. The molecule has 0 bridgehead atoms. The normalized spacial score (nSPS) is 13.6. The van der Waals surface area contributed by atoms with E-state index in [-0.39, 0.29) is 17.9 Å². The first-order valence-electron chi connectivity index (χ1n) is 10.1. The van der Waals surface area contributed by atoms with Crippen molar-refractivity contribution in [1.29, 1.82) is 0 Å². The number of nitrogens with one attached hydrogen (secondary N) is 2. The number of hydrogen-bond acceptors (Lipinski definition) is 3. The molecule has 2 amide bonds. The summed E-state index contributed by atoms with van der Waals surface area (Å²) >= 11 is 0. The average molecular weight is 380 g/mol. The van der Waals surface area contributed by atoms with Crippen LogP contribution in [0.4, 0.5) is 11.4 Å². The van der Waals surface area contributed by atoms with Crippen molar-refractivity contribution >= 4 is 23.2 Å². The molecule has 5 heteroatoms. The van der Waals surface area contributed by atoms with Crippen molar-refractivity contribution < 1.29 is 9.59 Å². The van der Waals surface area contributed by atoms with E-state index < -0.39 is 0 Å². The van der Waals surface area contributed by atoms with Gasteiger partial charge in [-0.25, -0.2) is 0 Å². The van der Waals surface area contributed by atoms with Gasteiger partial charge in [0, 0.05) is 36.9 Å². The van der Waals surface area contributed by atoms with Gasteiger partial charge in [-0.2, -0.15) is 0 Å². The smallest absolute Gasteiger partial charge is 0.253 e. The summed E-state index contributed by atoms with van der Waals surface area (Å²) in [5.74, 6) is -0.148. The maximum absolute atomic E-state index is 12.7. The topological polar surface area (TPSA) is 61.4 Å². The molecule has 1 saturated heterocycles. The molecule has 5 nitrogen and oxygen atoms in total. The van der Waals surface area contributed by atoms with Crippen LogP contribution in [0.5, 0.6) is 0 Å². The van der Waals surface area contributed by atoms with Crippen molar-refractivity contribution in [2.45, 2.75) is 45.6 Å². The maximum Gasteiger partial charge on any atom is 0.253 e. The molecule has 0 aromatic heterocycles. The Labute approximate surface area is 167 Å². The van der Waals surface area contributed by atoms with E-state index >= 15 is 0 Å². The molecule has 0 atom stereocenters. The molecule has 28 heavy (non-hydrogen) atoms. The van der Waals surface area contributed by atoms with Gasteiger partial charge in [-0.1, -0.05) is 30.3 Å². The molecule has 0 radical (unpaired) electrons. The molecule has 148 valence electrons. The van der Waals surface area contributed by atoms with E-state index in [1.54, 1.807) is 6.07 Å². The molecule has 2 N–H and O–H groups in total. The minimum atomic E-state index is -0.0997. The first-order valence-corrected chi connectivity index (χ1v) is 10.1. The molecule has 2 aromatic carbocycles. The summed E-state index contributed by atoms with van der Waals surface area (Å²) in [6, 6.07) is 15.7. The second-order valence-corrected chi connectivity index (χ2v) is 7.59. The Kier molecular flexibility index (Phi) is 6.69. The van der Waals surface area contributed by atoms with Gasteiger partial charge in [-0.3, -0.25) is 9.59 Å². The SMILES string of the molecule is CC(C)NC(=O)c1cc(NC(=O)CCc2ccccc2)ccc1N1CCCC1. The highest BCUT2D eigenvalue weighted by Gasteiger charge is 2.20. The molecule has 1 fully saturated rings. The standard InChI is InChI=1S/C23H29N3O2/c1-17(2)24-23(28)20-16-19(11-12-21(20)26-14-6-7-15-26)25-22(27)13-10-18-8-4-3-5-9-18/h3-5,8-9,11-12,16-17H,6-7,10,13-15H2,1-2H3,(H,24,28)(H,25,27). The molecule has 0 spiro atoms. The van der Waals surface area contributed by atoms with Crippen molar-refractivity contribution in [3.05, 3.63) is 59.7 Å². The Balaban J connectivity index is 1.72. The van der Waals surface area contributed by atoms with E-state index in [1.807, 2.05) is 56.3 Å². The van der Waals surface area contributed by atoms with Crippen LogP contribution in [0, 0.1) is 0 Å². The first-order chi connectivity index (χ1) is 13.5. The van der Waals surface area contributed by atoms with Crippen LogP contribution in [0.3, 0.4) is 0 Å². The molecular formula is C23H29N3O2. The van der Waals surface area contributed by atoms with Crippen LogP contribution in [-0.4, -0.2) is 30.9 Å². The zero-order chi connectivity index (χ0) is 19.9. The predicted molar refractivity (Wildman–Crippen MR) is 114 cm³/mol. The van der Waals surface area contributed by atoms with Gasteiger partial charge in [0.05, 0.1) is 5.56 Å². The molecule has 0 aliphatic carbocycles. The van der Waals surface area contributed by atoms with Crippen molar-refractivity contribution in [1.82, 2.24) is 5.32 Å². The fourth-order valence-corrected chi connectivity index (χ4v) is 3.50. The average Bonchev–Trinajstić information content (AvgIpc) is 3.21. The number of rotatable bonds is 7. The second kappa shape index (κ2) is 9.40. The van der Waals surface area contributed by atoms with Gasteiger partial charge in [0.2, 0.25) is 5.91 Å². The lowest BCUT2D eigenvalue weighted by Gasteiger charge is -2.22. The summed E-state index contributed by atoms with van der Waals surface area (Å²) in [5.41, 5.74) is 3.36. The van der Waals surface area contributed by atoms with Crippen LogP contribution in [0.1, 0.15) is 49.0 Å². The fourth-order valence-electron chi connectivity index (χ4n) is 3.50. The summed E-state index contributed by atoms with van der Waals surface area (Å²) in [7, 11) is 0. The van der Waals surface area contributed by atoms with Crippen molar-refractivity contribution in [3.63, 3.8) is 0 Å². The lowest BCUT2D eigenvalue weighted by Crippen LogP contribution is -2.32. The third kappa shape index (κ3) is 5.35. The highest BCUT2D eigenvalue weighted by atomic mass is 16.2. The van der Waals surface area contributed by atoms with Crippen molar-refractivity contribution in [3.8, 4) is 0 Å². The molecule has 1 heterocycles. The van der Waals surface area contributed by atoms with E-state index in [2.05, 4.69) is 15.5 Å². The van der Waals surface area contributed by atoms with Gasteiger partial charge in [-0.15, -0.1) is 0 Å². The van der Waals surface area contributed by atoms with Crippen LogP contribution in [0.25, 0.3) is 0 Å². The molecule has 0 unspecified atom stereocenters. The van der Waals surface area contributed by atoms with E-state index in [4.69, 9.17) is 0 Å². The predicted octanol–water partition coefficient (Wildman–Crippen LogP) is 4.00. The minimum absolute atomic E-state index is 0.0482. The Morgan fingerprint density at radius 1 is 1.04 bits per heavy atom. The van der Waals surface area contributed by atoms with E-state index in [0.717, 1.165) is 37.2 Å². The lowest BCUT2D eigenvalue weighted by atomic mass is 10.1. The van der Waals surface area contributed by atoms with Crippen molar-refractivity contribution in [2.75, 3.05) is 23.3 Å². The summed E-state index contributed by atoms with van der Waals surface area (Å²) in [4.78, 5) is 27.3. The third-order valence-corrected chi connectivity index (χ3v) is 4.88. The maximum atomic E-state index is 12.7. The van der Waals surface area contributed by atoms with Crippen LogP contribution in [0.15, 0.2) is 48.5 Å². The Bertz CT molecular complexity index is 812. The fraction of sp³-hybridized carbons (Fsp3) is 0.391. The monoisotopic (exact) mass is 379 g/mol. The Morgan fingerprint density at radius 2 is 1.75 bits per heavy atom. The number of benzene rings is 2. The minimum Gasteiger partial charge on any atom is -0.371 e. The second-order valence-electron chi connectivity index (χ2n) is 7.59. The van der Waals surface area contributed by atoms with Gasteiger partial charge in [0.25, 0.3) is 5.91 Å². The zero-order valence-corrected chi connectivity index (χ0v) is 16.7. The number of nitrogens with zero attached hydrogens (tertiary/aromatic N) is 1. The third-order valence-electron chi connectivity index (χ3n) is 4.88. The van der Waals surface area contributed by atoms with Gasteiger partial charge in [-0.05, 0) is 56.9 Å². The highest BCUT2D eigenvalue weighted by Crippen LogP contribution is 2.28. The first kappa shape index (κ1) is 19.9. The number of anilines is 2. The van der Waals surface area contributed by atoms with Gasteiger partial charge >= 0.3 is 0 Å². The number of carbonyl (C=O) groups excluding carboxylic acids is 2. The van der Waals surface area contributed by atoms with E-state index in [1.165, 1.54) is 0 Å². The number of amides is 2. The van der Waals surface area contributed by atoms with Crippen LogP contribution in [-0.2, 0) is 11.2 Å². The van der Waals surface area contributed by atoms with E-state index in [9.17, 15) is 9.59 Å². The highest BCUT2D eigenvalue weighted by molar-refractivity contribution is 6.02. The lowest BCUT2D eigenvalue weighted by molar-refractivity contribution is -0.116. The largest absolute Gasteiger partial charge is 0.371 e. The summed E-state index contributed by atoms with van der Waals surface area (Å²) in [6.45, 7) is 5.82. The Hall–Kier alpha value is -2.82. The molecule has 2 aromatic rings. The van der Waals surface area contributed by atoms with Gasteiger partial charge in [0.1, 0.15) is 0 Å². The molecule has 1 aliphatic rings. The zero-order valence-electron chi connectivity index (χ0n) is 16.7. The quantitative estimate of drug-likeness (QED) is 0.764. The summed E-state index contributed by atoms with van der Waals surface area (Å²) in [6.07, 6.45) is 3.39. The molecular weight excluding hydrogens is 350 g/mol. The van der Waals surface area contributed by atoms with Gasteiger partial charge in [0.15, 0.2) is 0 Å². The van der Waals surface area contributed by atoms with Gasteiger partial charge < -0.3 is 15.5 Å². The van der Waals surface area contributed by atoms with Crippen LogP contribution >= 0.6 is 0 Å². The van der Waals surface area contributed by atoms with Crippen LogP contribution < -0.4 is 15.5 Å². The number of carbonyl (C=O) groups is 2. The molecule has 0 saturated carbocycles. The number of hydrogen-bond donors (Lipinski definition) is 2. The van der Waals surface area contributed by atoms with Crippen LogP contribution in [0.2, 0.25) is 0 Å². The number of aryl methyl sites for hydroxylation is 1.